The first-order valence-electron chi connectivity index (χ1n) is 44.6. The third-order valence-corrected chi connectivity index (χ3v) is 36.5. The van der Waals surface area contributed by atoms with Crippen LogP contribution in [0.15, 0.2) is 400 Å². The van der Waals surface area contributed by atoms with Gasteiger partial charge in [-0.25, -0.2) is 0 Å². The molecular formula is C115H125S2Si3. The standard InChI is InChI=1S/C34H30SSi.C28H28Si.C24H17SSi.C11H16.C10H14.2C4H10/c1-34(2,3)25-21-23-28(24-22-25)36(26-13-6-4-7-14-26,27-15-8-5-9-16-27)32-20-12-18-30-29-17-10-11-19-31(29)35-33(30)32;1-28(2,3)23-19-21-27(22-20-23)29(24-13-7-4-8-14-24,25-15-9-5-10-16-25)26-17-11-6-12-18-26;1-3-10-18(11-4-1)26(19-12-5-2-6-13-19)23-17-9-15-21-20-14-7-8-16-22(20)25-24(21)23;1-9-7-5-6-8-10(9)11(2,3)4;1-10(2,3)9-7-5-4-6-8-9;2*1-4(2)3/h4-24H,1-3H3;4-22H,1-3H3;1-17H;5-8H,1-4H3;4-8H,1-3H3;2*4H,1-3H3/i;;;5D,6D,7D,8D;;;. The van der Waals surface area contributed by atoms with Crippen LogP contribution >= 0.6 is 22.7 Å². The molecule has 0 bridgehead atoms. The summed E-state index contributed by atoms with van der Waals surface area (Å²) in [6.07, 6.45) is 0. The summed E-state index contributed by atoms with van der Waals surface area (Å²) in [5.74, 6) is 1.67. The molecule has 0 aliphatic rings. The van der Waals surface area contributed by atoms with Gasteiger partial charge in [-0.2, -0.15) is 0 Å². The van der Waals surface area contributed by atoms with Crippen LogP contribution in [0, 0.1) is 18.8 Å². The van der Waals surface area contributed by atoms with Crippen molar-refractivity contribution in [2.24, 2.45) is 11.8 Å². The average molecular weight is 1660 g/mol. The van der Waals surface area contributed by atoms with E-state index in [2.05, 4.69) is 480 Å². The monoisotopic (exact) mass is 1660 g/mol. The lowest BCUT2D eigenvalue weighted by Crippen LogP contribution is -2.74. The maximum Gasteiger partial charge on any atom is 0.181 e. The Kier molecular flexibility index (Phi) is 28.9. The summed E-state index contributed by atoms with van der Waals surface area (Å²) in [5.41, 5.74) is 5.79. The highest BCUT2D eigenvalue weighted by molar-refractivity contribution is 7.31. The van der Waals surface area contributed by atoms with E-state index in [4.69, 9.17) is 5.48 Å². The zero-order valence-electron chi connectivity index (χ0n) is 78.3. The molecule has 15 aromatic carbocycles. The first-order valence-corrected chi connectivity index (χ1v) is 49.7. The second-order valence-electron chi connectivity index (χ2n) is 36.5. The van der Waals surface area contributed by atoms with Gasteiger partial charge in [0.05, 0.1) is 5.48 Å². The molecule has 0 atom stereocenters. The Labute approximate surface area is 738 Å². The minimum absolute atomic E-state index is 0.0703. The van der Waals surface area contributed by atoms with Crippen molar-refractivity contribution in [2.45, 2.75) is 153 Å². The summed E-state index contributed by atoms with van der Waals surface area (Å²) in [5, 5.41) is 21.3. The van der Waals surface area contributed by atoms with Crippen molar-refractivity contribution in [1.82, 2.24) is 0 Å². The topological polar surface area (TPSA) is 0 Å². The molecule has 0 amide bonds. The zero-order valence-corrected chi connectivity index (χ0v) is 78.9. The van der Waals surface area contributed by atoms with Gasteiger partial charge in [-0.05, 0) is 127 Å². The smallest absolute Gasteiger partial charge is 0.135 e. The van der Waals surface area contributed by atoms with Crippen molar-refractivity contribution >= 4 is 145 Å². The lowest BCUT2D eigenvalue weighted by atomic mass is 9.84. The molecule has 5 heteroatoms. The Morgan fingerprint density at radius 1 is 0.267 bits per heavy atom. The minimum Gasteiger partial charge on any atom is -0.135 e. The van der Waals surface area contributed by atoms with Crippen molar-refractivity contribution in [3.8, 4) is 0 Å². The highest BCUT2D eigenvalue weighted by atomic mass is 32.1. The normalized spacial score (nSPS) is 12.2. The molecule has 0 unspecified atom stereocenters. The molecule has 0 saturated carbocycles. The molecule has 2 heterocycles. The van der Waals surface area contributed by atoms with Crippen molar-refractivity contribution < 1.29 is 5.48 Å². The van der Waals surface area contributed by atoms with E-state index in [1.165, 1.54) is 114 Å². The third kappa shape index (κ3) is 22.1. The fourth-order valence-electron chi connectivity index (χ4n) is 15.6. The van der Waals surface area contributed by atoms with Crippen LogP contribution in [0.25, 0.3) is 40.3 Å². The van der Waals surface area contributed by atoms with E-state index < -0.39 is 24.9 Å². The van der Waals surface area contributed by atoms with Crippen LogP contribution in [0.4, 0.5) is 0 Å². The van der Waals surface area contributed by atoms with E-state index in [0.717, 1.165) is 11.8 Å². The molecule has 0 nitrogen and oxygen atoms in total. The molecule has 120 heavy (non-hydrogen) atoms. The predicted molar refractivity (Wildman–Crippen MR) is 543 cm³/mol. The molecule has 0 saturated heterocycles. The number of hydrogen-bond acceptors (Lipinski definition) is 2. The summed E-state index contributed by atoms with van der Waals surface area (Å²) in [6, 6.07) is 138. The van der Waals surface area contributed by atoms with Crippen LogP contribution in [0.3, 0.4) is 0 Å². The fraction of sp³-hybridized carbons (Fsp3) is 0.217. The SMILES string of the molecule is CC(C)(C)c1ccc([Si](c2ccccc2)(c2ccccc2)c2cccc3c2sc2ccccc23)cc1.CC(C)(C)c1ccc([Si](c2ccccc2)(c2ccccc2)c2ccccc2)cc1.CC(C)(C)c1ccccc1.CC(C)C.CC(C)C.[2H]c1c([2H])c([2H])c(C(C)(C)C)c(C)c1[2H].c1ccc([Si](c2ccccc2)c2cccc3c2sc2ccccc23)cc1. The molecule has 2 aromatic heterocycles. The van der Waals surface area contributed by atoms with Crippen LogP contribution in [-0.2, 0) is 21.7 Å². The Hall–Kier alpha value is -10.6. The van der Waals surface area contributed by atoms with E-state index in [1.807, 2.05) is 43.4 Å². The van der Waals surface area contributed by atoms with E-state index in [1.54, 1.807) is 6.92 Å². The predicted octanol–water partition coefficient (Wildman–Crippen LogP) is 25.3. The van der Waals surface area contributed by atoms with Crippen molar-refractivity contribution in [3.05, 3.63) is 428 Å². The van der Waals surface area contributed by atoms with Gasteiger partial charge in [0.2, 0.25) is 0 Å². The highest BCUT2D eigenvalue weighted by Gasteiger charge is 2.44. The Balaban J connectivity index is 0.000000155. The molecule has 1 radical (unpaired) electrons. The Bertz CT molecular complexity index is 5970. The first-order chi connectivity index (χ1) is 59.2. The summed E-state index contributed by atoms with van der Waals surface area (Å²) < 4.78 is 36.3. The number of rotatable bonds is 11. The first kappa shape index (κ1) is 84.4. The zero-order chi connectivity index (χ0) is 89.2. The molecule has 17 aromatic rings. The average Bonchev–Trinajstić information content (AvgIpc) is 1.35. The number of fused-ring (bicyclic) bond motifs is 6. The van der Waals surface area contributed by atoms with E-state index in [0.29, 0.717) is 16.5 Å². The largest absolute Gasteiger partial charge is 0.181 e. The van der Waals surface area contributed by atoms with Gasteiger partial charge in [0.1, 0.15) is 0 Å². The van der Waals surface area contributed by atoms with Gasteiger partial charge in [-0.1, -0.05) is 523 Å². The molecule has 0 N–H and O–H groups in total. The highest BCUT2D eigenvalue weighted by Crippen LogP contribution is 2.36. The van der Waals surface area contributed by atoms with Crippen LogP contribution in [-0.4, -0.2) is 24.9 Å². The van der Waals surface area contributed by atoms with Crippen LogP contribution in [0.2, 0.25) is 0 Å². The molecule has 0 spiro atoms. The van der Waals surface area contributed by atoms with Crippen LogP contribution in [0.1, 0.15) is 158 Å². The Morgan fingerprint density at radius 3 is 0.900 bits per heavy atom. The van der Waals surface area contributed by atoms with Crippen molar-refractivity contribution in [1.29, 1.82) is 0 Å². The summed E-state index contributed by atoms with van der Waals surface area (Å²) in [7, 11) is -6.02. The molecule has 17 rings (SSSR count). The van der Waals surface area contributed by atoms with E-state index >= 15 is 0 Å². The maximum absolute atomic E-state index is 7.84. The van der Waals surface area contributed by atoms with Gasteiger partial charge in [0, 0.05) is 40.3 Å². The number of thiophene rings is 2. The van der Waals surface area contributed by atoms with Crippen LogP contribution in [0.5, 0.6) is 0 Å². The van der Waals surface area contributed by atoms with Gasteiger partial charge in [-0.3, -0.25) is 0 Å². The summed E-state index contributed by atoms with van der Waals surface area (Å²) in [4.78, 5) is 0. The summed E-state index contributed by atoms with van der Waals surface area (Å²) >= 11 is 3.87. The van der Waals surface area contributed by atoms with Crippen molar-refractivity contribution in [2.75, 3.05) is 0 Å². The van der Waals surface area contributed by atoms with Gasteiger partial charge in [0.15, 0.2) is 24.9 Å². The van der Waals surface area contributed by atoms with Gasteiger partial charge >= 0.3 is 0 Å². The van der Waals surface area contributed by atoms with Crippen molar-refractivity contribution in [3.63, 3.8) is 0 Å². The van der Waals surface area contributed by atoms with E-state index in [-0.39, 0.29) is 40.4 Å². The fourth-order valence-corrected chi connectivity index (χ4v) is 31.1. The van der Waals surface area contributed by atoms with Gasteiger partial charge in [0.25, 0.3) is 0 Å². The third-order valence-electron chi connectivity index (χ3n) is 21.3. The number of hydrogen-bond donors (Lipinski definition) is 0. The second kappa shape index (κ2) is 41.1. The quantitative estimate of drug-likeness (QED) is 0.0894. The number of benzene rings is 15. The van der Waals surface area contributed by atoms with Gasteiger partial charge < -0.3 is 0 Å². The lowest BCUT2D eigenvalue weighted by molar-refractivity contribution is 0.586. The molecular weight excluding hydrogens is 1530 g/mol. The lowest BCUT2D eigenvalue weighted by Gasteiger charge is -2.35. The summed E-state index contributed by atoms with van der Waals surface area (Å²) in [6.45, 7) is 41.0. The molecule has 0 fully saturated rings. The molecule has 0 aliphatic carbocycles. The van der Waals surface area contributed by atoms with Gasteiger partial charge in [-0.15, -0.1) is 22.7 Å². The van der Waals surface area contributed by atoms with Crippen LogP contribution < -0.4 is 57.1 Å². The second-order valence-corrected chi connectivity index (χ2v) is 48.6. The minimum atomic E-state index is -2.60. The molecule has 0 aliphatic heterocycles. The Morgan fingerprint density at radius 2 is 0.542 bits per heavy atom. The maximum atomic E-state index is 7.84. The van der Waals surface area contributed by atoms with E-state index in [9.17, 15) is 0 Å². The molecule has 609 valence electrons.